The van der Waals surface area contributed by atoms with E-state index in [1.807, 2.05) is 4.90 Å². The molecule has 2 aromatic carbocycles. The highest BCUT2D eigenvalue weighted by Crippen LogP contribution is 2.50. The van der Waals surface area contributed by atoms with Gasteiger partial charge in [-0.2, -0.15) is 0 Å². The number of nitrogens with zero attached hydrogens (tertiary/aromatic N) is 2. The molecule has 2 saturated heterocycles. The van der Waals surface area contributed by atoms with E-state index < -0.39 is 6.30 Å². The molecule has 142 valence electrons. The van der Waals surface area contributed by atoms with Crippen LogP contribution in [0.2, 0.25) is 0 Å². The Morgan fingerprint density at radius 3 is 2.30 bits per heavy atom. The Kier molecular flexibility index (Phi) is 4.50. The van der Waals surface area contributed by atoms with Gasteiger partial charge >= 0.3 is 0 Å². The van der Waals surface area contributed by atoms with Crippen molar-refractivity contribution >= 4 is 0 Å². The molecule has 4 heteroatoms. The zero-order chi connectivity index (χ0) is 18.4. The van der Waals surface area contributed by atoms with E-state index in [4.69, 9.17) is 4.74 Å². The second-order valence-corrected chi connectivity index (χ2v) is 8.22. The third kappa shape index (κ3) is 3.10. The van der Waals surface area contributed by atoms with Crippen LogP contribution in [0.4, 0.5) is 4.39 Å². The number of piperazine rings is 1. The molecule has 3 nitrogen and oxygen atoms in total. The molecule has 0 bridgehead atoms. The van der Waals surface area contributed by atoms with Crippen molar-refractivity contribution in [1.29, 1.82) is 0 Å². The minimum absolute atomic E-state index is 0.0411. The van der Waals surface area contributed by atoms with E-state index in [1.165, 1.54) is 22.3 Å². The molecule has 2 aromatic rings. The predicted octanol–water partition coefficient (Wildman–Crippen LogP) is 3.75. The molecular formula is C23H27FN2O. The smallest absolute Gasteiger partial charge is 0.180 e. The first kappa shape index (κ1) is 17.4. The number of hydrogen-bond acceptors (Lipinski definition) is 3. The predicted molar refractivity (Wildman–Crippen MR) is 105 cm³/mol. The van der Waals surface area contributed by atoms with Gasteiger partial charge in [0.2, 0.25) is 0 Å². The molecule has 0 aromatic heterocycles. The number of alkyl halides is 1. The monoisotopic (exact) mass is 366 g/mol. The lowest BCUT2D eigenvalue weighted by molar-refractivity contribution is -0.0767. The van der Waals surface area contributed by atoms with Gasteiger partial charge in [0.05, 0.1) is 6.10 Å². The molecule has 2 heterocycles. The van der Waals surface area contributed by atoms with E-state index in [2.05, 4.69) is 60.5 Å². The fraction of sp³-hybridized carbons (Fsp3) is 0.478. The van der Waals surface area contributed by atoms with E-state index in [-0.39, 0.29) is 18.1 Å². The van der Waals surface area contributed by atoms with Gasteiger partial charge in [-0.3, -0.25) is 4.90 Å². The van der Waals surface area contributed by atoms with Crippen molar-refractivity contribution in [2.75, 3.05) is 33.2 Å². The molecule has 2 fully saturated rings. The van der Waals surface area contributed by atoms with Crippen molar-refractivity contribution < 1.29 is 9.13 Å². The first-order chi connectivity index (χ1) is 13.2. The van der Waals surface area contributed by atoms with Crippen LogP contribution in [-0.4, -0.2) is 55.4 Å². The first-order valence-electron chi connectivity index (χ1n) is 10.1. The van der Waals surface area contributed by atoms with Gasteiger partial charge in [0.1, 0.15) is 6.10 Å². The van der Waals surface area contributed by atoms with Crippen LogP contribution in [0, 0.1) is 0 Å². The van der Waals surface area contributed by atoms with Crippen molar-refractivity contribution in [3.05, 3.63) is 70.8 Å². The summed E-state index contributed by atoms with van der Waals surface area (Å²) in [6.45, 7) is 3.40. The van der Waals surface area contributed by atoms with Gasteiger partial charge in [0.15, 0.2) is 6.30 Å². The summed E-state index contributed by atoms with van der Waals surface area (Å²) in [6.07, 6.45) is 0.266. The normalized spacial score (nSPS) is 29.5. The zero-order valence-electron chi connectivity index (χ0n) is 15.9. The van der Waals surface area contributed by atoms with Gasteiger partial charge in [-0.05, 0) is 42.1 Å². The lowest BCUT2D eigenvalue weighted by Gasteiger charge is -2.36. The highest BCUT2D eigenvalue weighted by molar-refractivity contribution is 5.45. The van der Waals surface area contributed by atoms with E-state index >= 15 is 4.39 Å². The van der Waals surface area contributed by atoms with Crippen LogP contribution in [0.3, 0.4) is 0 Å². The maximum Gasteiger partial charge on any atom is 0.180 e. The van der Waals surface area contributed by atoms with Crippen LogP contribution >= 0.6 is 0 Å². The highest BCUT2D eigenvalue weighted by Gasteiger charge is 2.45. The van der Waals surface area contributed by atoms with Gasteiger partial charge < -0.3 is 9.64 Å². The average molecular weight is 366 g/mol. The second-order valence-electron chi connectivity index (χ2n) is 8.22. The van der Waals surface area contributed by atoms with E-state index in [0.29, 0.717) is 0 Å². The van der Waals surface area contributed by atoms with Crippen molar-refractivity contribution in [2.24, 2.45) is 0 Å². The van der Waals surface area contributed by atoms with Crippen molar-refractivity contribution in [3.8, 4) is 0 Å². The Balaban J connectivity index is 1.46. The molecule has 27 heavy (non-hydrogen) atoms. The van der Waals surface area contributed by atoms with E-state index in [0.717, 1.165) is 39.0 Å². The van der Waals surface area contributed by atoms with Gasteiger partial charge in [-0.15, -0.1) is 0 Å². The molecule has 0 spiro atoms. The topological polar surface area (TPSA) is 15.7 Å². The Morgan fingerprint density at radius 1 is 0.926 bits per heavy atom. The molecule has 4 unspecified atom stereocenters. The molecule has 1 aliphatic carbocycles. The number of ether oxygens (including phenoxy) is 1. The molecule has 2 aliphatic heterocycles. The SMILES string of the molecule is CN1CCN(C(F)C2CC3c4ccccc4Cc4ccccc4C3O2)CC1. The van der Waals surface area contributed by atoms with Gasteiger partial charge in [0.25, 0.3) is 0 Å². The Hall–Kier alpha value is -1.75. The molecule has 0 radical (unpaired) electrons. The van der Waals surface area contributed by atoms with Gasteiger partial charge in [0, 0.05) is 32.1 Å². The molecular weight excluding hydrogens is 339 g/mol. The minimum atomic E-state index is -1.02. The number of halogens is 1. The summed E-state index contributed by atoms with van der Waals surface area (Å²) in [4.78, 5) is 4.23. The highest BCUT2D eigenvalue weighted by atomic mass is 19.1. The summed E-state index contributed by atoms with van der Waals surface area (Å²) in [5.41, 5.74) is 5.25. The largest absolute Gasteiger partial charge is 0.365 e. The van der Waals surface area contributed by atoms with Crippen LogP contribution in [0.5, 0.6) is 0 Å². The van der Waals surface area contributed by atoms with Crippen LogP contribution in [0.15, 0.2) is 48.5 Å². The van der Waals surface area contributed by atoms with Crippen LogP contribution < -0.4 is 0 Å². The van der Waals surface area contributed by atoms with Crippen molar-refractivity contribution in [2.45, 2.75) is 37.3 Å². The summed E-state index contributed by atoms with van der Waals surface area (Å²) in [5.74, 6) is 0.237. The Morgan fingerprint density at radius 2 is 1.56 bits per heavy atom. The number of rotatable bonds is 2. The van der Waals surface area contributed by atoms with E-state index in [1.54, 1.807) is 0 Å². The molecule has 4 atom stereocenters. The maximum absolute atomic E-state index is 15.4. The summed E-state index contributed by atoms with van der Waals surface area (Å²) in [7, 11) is 2.10. The van der Waals surface area contributed by atoms with Crippen LogP contribution in [0.1, 0.15) is 40.7 Å². The summed E-state index contributed by atoms with van der Waals surface area (Å²) < 4.78 is 21.8. The third-order valence-corrected chi connectivity index (χ3v) is 6.56. The lowest BCUT2D eigenvalue weighted by atomic mass is 9.87. The molecule has 0 N–H and O–H groups in total. The van der Waals surface area contributed by atoms with Gasteiger partial charge in [-0.1, -0.05) is 48.5 Å². The molecule has 0 saturated carbocycles. The van der Waals surface area contributed by atoms with Crippen LogP contribution in [0.25, 0.3) is 0 Å². The zero-order valence-corrected chi connectivity index (χ0v) is 15.9. The Bertz CT molecular complexity index is 764. The van der Waals surface area contributed by atoms with Crippen molar-refractivity contribution in [1.82, 2.24) is 9.80 Å². The lowest BCUT2D eigenvalue weighted by Crippen LogP contribution is -2.51. The first-order valence-corrected chi connectivity index (χ1v) is 10.1. The maximum atomic E-state index is 15.4. The van der Waals surface area contributed by atoms with E-state index in [9.17, 15) is 0 Å². The minimum Gasteiger partial charge on any atom is -0.365 e. The number of fused-ring (bicyclic) bond motifs is 5. The van der Waals surface area contributed by atoms with Crippen molar-refractivity contribution in [3.63, 3.8) is 0 Å². The fourth-order valence-electron chi connectivity index (χ4n) is 5.01. The standard InChI is InChI=1S/C23H27FN2O/c1-25-10-12-26(13-11-25)23(24)21-15-20-18-8-4-2-6-16(18)14-17-7-3-5-9-19(17)22(20)27-21/h2-9,20-23H,10-15H2,1H3. The molecule has 0 amide bonds. The molecule has 3 aliphatic rings. The summed E-state index contributed by atoms with van der Waals surface area (Å²) >= 11 is 0. The summed E-state index contributed by atoms with van der Waals surface area (Å²) in [6, 6.07) is 17.2. The third-order valence-electron chi connectivity index (χ3n) is 6.56. The fourth-order valence-corrected chi connectivity index (χ4v) is 5.01. The molecule has 5 rings (SSSR count). The number of benzene rings is 2. The number of hydrogen-bond donors (Lipinski definition) is 0. The number of likely N-dealkylation sites (N-methyl/N-ethyl adjacent to an activating group) is 1. The van der Waals surface area contributed by atoms with Gasteiger partial charge in [-0.25, -0.2) is 4.39 Å². The summed E-state index contributed by atoms with van der Waals surface area (Å²) in [5, 5.41) is 0. The Labute approximate surface area is 160 Å². The quantitative estimate of drug-likeness (QED) is 0.753. The van der Waals surface area contributed by atoms with Crippen LogP contribution in [-0.2, 0) is 11.2 Å². The second kappa shape index (κ2) is 7.01. The average Bonchev–Trinajstić information content (AvgIpc) is 3.09.